The molecular formula is C29H46N4O6. The molecule has 1 saturated heterocycles. The first-order valence-corrected chi connectivity index (χ1v) is 12.6. The number of carbonyl (C=O) groups excluding carboxylic acids is 2. The number of H-pyrrole nitrogens is 1. The van der Waals surface area contributed by atoms with Gasteiger partial charge in [0.1, 0.15) is 6.04 Å². The number of amides is 2. The summed E-state index contributed by atoms with van der Waals surface area (Å²) in [7, 11) is 3.65. The third-order valence-electron chi connectivity index (χ3n) is 4.80. The van der Waals surface area contributed by atoms with Gasteiger partial charge in [-0.1, -0.05) is 20.8 Å². The molecular weight excluding hydrogens is 500 g/mol. The van der Waals surface area contributed by atoms with Crippen LogP contribution in [-0.2, 0) is 26.2 Å². The van der Waals surface area contributed by atoms with Crippen molar-refractivity contribution in [1.29, 1.82) is 0 Å². The molecule has 0 unspecified atom stereocenters. The Morgan fingerprint density at radius 2 is 1.82 bits per heavy atom. The number of aliphatic carboxylic acids is 1. The zero-order chi connectivity index (χ0) is 30.6. The third kappa shape index (κ3) is 17.3. The van der Waals surface area contributed by atoms with Crippen LogP contribution in [0.15, 0.2) is 41.5 Å². The summed E-state index contributed by atoms with van der Waals surface area (Å²) < 4.78 is 6.90. The molecule has 0 aromatic carbocycles. The summed E-state index contributed by atoms with van der Waals surface area (Å²) in [6, 6.07) is 6.28. The van der Waals surface area contributed by atoms with Gasteiger partial charge in [-0.25, -0.2) is 4.79 Å². The molecule has 1 aliphatic rings. The van der Waals surface area contributed by atoms with Gasteiger partial charge in [0.25, 0.3) is 0 Å². The number of hydrogen-bond donors (Lipinski definition) is 3. The van der Waals surface area contributed by atoms with Crippen molar-refractivity contribution in [3.05, 3.63) is 46.9 Å². The van der Waals surface area contributed by atoms with Gasteiger partial charge in [-0.2, -0.15) is 0 Å². The Balaban J connectivity index is 0. The van der Waals surface area contributed by atoms with Crippen LogP contribution in [0.4, 0.5) is 0 Å². The quantitative estimate of drug-likeness (QED) is 0.388. The van der Waals surface area contributed by atoms with Crippen LogP contribution in [0.1, 0.15) is 54.4 Å². The topological polar surface area (TPSA) is 134 Å². The molecule has 10 heteroatoms. The minimum absolute atomic E-state index is 0.0231. The number of nitrogens with one attached hydrogen (secondary N) is 2. The van der Waals surface area contributed by atoms with Crippen molar-refractivity contribution in [3.8, 4) is 24.2 Å². The van der Waals surface area contributed by atoms with Gasteiger partial charge in [-0.15, -0.1) is 12.8 Å². The zero-order valence-corrected chi connectivity index (χ0v) is 24.6. The van der Waals surface area contributed by atoms with E-state index in [0.717, 1.165) is 17.3 Å². The number of pyridine rings is 1. The van der Waals surface area contributed by atoms with Crippen molar-refractivity contribution < 1.29 is 24.2 Å². The van der Waals surface area contributed by atoms with Gasteiger partial charge in [0.15, 0.2) is 5.43 Å². The molecule has 2 aromatic rings. The van der Waals surface area contributed by atoms with E-state index in [-0.39, 0.29) is 23.5 Å². The summed E-state index contributed by atoms with van der Waals surface area (Å²) in [4.78, 5) is 47.4. The Morgan fingerprint density at radius 1 is 1.26 bits per heavy atom. The van der Waals surface area contributed by atoms with Crippen LogP contribution in [0.3, 0.4) is 0 Å². The van der Waals surface area contributed by atoms with E-state index in [0.29, 0.717) is 25.8 Å². The smallest absolute Gasteiger partial charge is 0.326 e. The van der Waals surface area contributed by atoms with Crippen molar-refractivity contribution in [2.24, 2.45) is 13.0 Å². The van der Waals surface area contributed by atoms with Crippen molar-refractivity contribution in [2.75, 3.05) is 20.2 Å². The maximum absolute atomic E-state index is 11.4. The van der Waals surface area contributed by atoms with E-state index in [1.165, 1.54) is 11.0 Å². The number of hydrogen-bond acceptors (Lipinski definition) is 5. The number of rotatable bonds is 5. The van der Waals surface area contributed by atoms with Crippen LogP contribution in [0.25, 0.3) is 11.4 Å². The van der Waals surface area contributed by atoms with Gasteiger partial charge < -0.3 is 29.6 Å². The van der Waals surface area contributed by atoms with Gasteiger partial charge in [-0.05, 0) is 51.7 Å². The predicted octanol–water partition coefficient (Wildman–Crippen LogP) is 3.53. The number of aromatic nitrogens is 2. The monoisotopic (exact) mass is 546 g/mol. The molecule has 2 aromatic heterocycles. The summed E-state index contributed by atoms with van der Waals surface area (Å²) in [6.07, 6.45) is 13.2. The molecule has 39 heavy (non-hydrogen) atoms. The number of carbonyl (C=O) groups is 3. The number of carboxylic acid groups (broad SMARTS) is 1. The van der Waals surface area contributed by atoms with Crippen molar-refractivity contribution in [3.63, 3.8) is 0 Å². The highest BCUT2D eigenvalue weighted by Gasteiger charge is 2.33. The molecule has 0 aliphatic carbocycles. The second-order valence-electron chi connectivity index (χ2n) is 10.1. The second-order valence-corrected chi connectivity index (χ2v) is 10.1. The minimum atomic E-state index is -0.984. The largest absolute Gasteiger partial charge is 0.480 e. The van der Waals surface area contributed by atoms with Crippen LogP contribution < -0.4 is 10.7 Å². The average Bonchev–Trinajstić information content (AvgIpc) is 3.53. The maximum atomic E-state index is 11.4. The first kappa shape index (κ1) is 37.3. The van der Waals surface area contributed by atoms with E-state index >= 15 is 0 Å². The van der Waals surface area contributed by atoms with Crippen LogP contribution >= 0.6 is 0 Å². The number of aryl methyl sites for hydroxylation is 1. The number of aromatic amines is 1. The molecule has 2 amide bonds. The third-order valence-corrected chi connectivity index (χ3v) is 4.80. The second kappa shape index (κ2) is 20.2. The van der Waals surface area contributed by atoms with Crippen molar-refractivity contribution >= 4 is 18.3 Å². The normalized spacial score (nSPS) is 13.6. The fraction of sp³-hybridized carbons (Fsp3) is 0.517. The molecule has 218 valence electrons. The molecule has 0 radical (unpaired) electrons. The first-order valence-electron chi connectivity index (χ1n) is 12.6. The van der Waals surface area contributed by atoms with Gasteiger partial charge >= 0.3 is 5.97 Å². The number of ether oxygens (including phenoxy) is 1. The van der Waals surface area contributed by atoms with Crippen LogP contribution in [0.2, 0.25) is 0 Å². The highest BCUT2D eigenvalue weighted by atomic mass is 16.5. The SMILES string of the molecule is C#C.CC(C)C.COC(C)(C)C.Cn1cccc1-c1cc(=O)cc[nH]1.O=CNCC(=O)N1CCC[C@H]1C(=O)O. The molecule has 0 bridgehead atoms. The summed E-state index contributed by atoms with van der Waals surface area (Å²) in [5, 5.41) is 11.0. The number of methoxy groups -OCH3 is 1. The van der Waals surface area contributed by atoms with E-state index in [9.17, 15) is 19.2 Å². The minimum Gasteiger partial charge on any atom is -0.480 e. The summed E-state index contributed by atoms with van der Waals surface area (Å²) >= 11 is 0. The lowest BCUT2D eigenvalue weighted by Crippen LogP contribution is -2.44. The van der Waals surface area contributed by atoms with Crippen LogP contribution in [0, 0.1) is 18.8 Å². The molecule has 3 N–H and O–H groups in total. The summed E-state index contributed by atoms with van der Waals surface area (Å²) in [5.41, 5.74) is 1.92. The fourth-order valence-corrected chi connectivity index (χ4v) is 2.89. The average molecular weight is 547 g/mol. The Hall–Kier alpha value is -3.84. The van der Waals surface area contributed by atoms with Crippen molar-refractivity contribution in [2.45, 2.75) is 66.0 Å². The van der Waals surface area contributed by atoms with Gasteiger partial charge in [0, 0.05) is 45.2 Å². The Bertz CT molecular complexity index is 1050. The molecule has 3 heterocycles. The van der Waals surface area contributed by atoms with Crippen molar-refractivity contribution in [1.82, 2.24) is 19.8 Å². The van der Waals surface area contributed by atoms with Gasteiger partial charge in [0.05, 0.1) is 23.5 Å². The molecule has 0 spiro atoms. The number of terminal acetylenes is 1. The first-order chi connectivity index (χ1) is 18.2. The number of nitrogens with zero attached hydrogens (tertiary/aromatic N) is 2. The molecule has 1 aliphatic heterocycles. The lowest BCUT2D eigenvalue weighted by atomic mass is 10.2. The van der Waals surface area contributed by atoms with Crippen LogP contribution in [-0.4, -0.2) is 69.7 Å². The predicted molar refractivity (Wildman–Crippen MR) is 155 cm³/mol. The van der Waals surface area contributed by atoms with E-state index < -0.39 is 12.0 Å². The van der Waals surface area contributed by atoms with Crippen LogP contribution in [0.5, 0.6) is 0 Å². The lowest BCUT2D eigenvalue weighted by molar-refractivity contribution is -0.147. The van der Waals surface area contributed by atoms with Gasteiger partial charge in [-0.3, -0.25) is 14.4 Å². The standard InChI is InChI=1S/C10H10N2O.C8H12N2O4.C5H12O.C4H10.C2H2/c1-12-6-2-3-10(12)9-7-8(13)4-5-11-9;11-5-9-4-7(12)10-3-1-2-6(10)8(13)14;1-5(2,3)6-4;1-4(2)3;1-2/h2-7H,1H3,(H,11,13);5-6H,1-4H2,(H,9,11)(H,13,14);1-4H3;4H,1-3H3;1-2H/t;6-;;;/m.0.../s1. The van der Waals surface area contributed by atoms with E-state index in [1.807, 2.05) is 50.7 Å². The maximum Gasteiger partial charge on any atom is 0.326 e. The fourth-order valence-electron chi connectivity index (χ4n) is 2.89. The molecule has 3 rings (SSSR count). The Labute approximate surface area is 232 Å². The highest BCUT2D eigenvalue weighted by molar-refractivity contribution is 5.86. The number of carboxylic acids is 1. The zero-order valence-electron chi connectivity index (χ0n) is 24.6. The summed E-state index contributed by atoms with van der Waals surface area (Å²) in [5.74, 6) is -0.496. The Kier molecular flexibility index (Phi) is 19.3. The summed E-state index contributed by atoms with van der Waals surface area (Å²) in [6.45, 7) is 12.9. The van der Waals surface area contributed by atoms with E-state index in [2.05, 4.69) is 43.9 Å². The van der Waals surface area contributed by atoms with Gasteiger partial charge in [0.2, 0.25) is 12.3 Å². The Morgan fingerprint density at radius 3 is 2.23 bits per heavy atom. The molecule has 1 fully saturated rings. The molecule has 10 nitrogen and oxygen atoms in total. The lowest BCUT2D eigenvalue weighted by Gasteiger charge is -2.20. The highest BCUT2D eigenvalue weighted by Crippen LogP contribution is 2.17. The van der Waals surface area contributed by atoms with E-state index in [4.69, 9.17) is 9.84 Å². The van der Waals surface area contributed by atoms with E-state index in [1.54, 1.807) is 19.4 Å². The molecule has 1 atom stereocenters. The number of likely N-dealkylation sites (tertiary alicyclic amines) is 1. The molecule has 0 saturated carbocycles.